The van der Waals surface area contributed by atoms with Crippen LogP contribution in [0.1, 0.15) is 19.5 Å². The Balaban J connectivity index is 2.46. The van der Waals surface area contributed by atoms with Crippen molar-refractivity contribution < 1.29 is 4.74 Å². The van der Waals surface area contributed by atoms with Gasteiger partial charge in [-0.2, -0.15) is 5.10 Å². The summed E-state index contributed by atoms with van der Waals surface area (Å²) in [6, 6.07) is 3.77. The summed E-state index contributed by atoms with van der Waals surface area (Å²) in [5.74, 6) is 1.10. The first kappa shape index (κ1) is 10.9. The summed E-state index contributed by atoms with van der Waals surface area (Å²) in [6.45, 7) is 5.61. The third kappa shape index (κ3) is 3.70. The fourth-order valence-electron chi connectivity index (χ4n) is 0.952. The van der Waals surface area contributed by atoms with Crippen molar-refractivity contribution in [3.63, 3.8) is 0 Å². The van der Waals surface area contributed by atoms with Crippen molar-refractivity contribution in [2.24, 2.45) is 5.92 Å². The Labute approximate surface area is 84.7 Å². The number of ether oxygens (including phenoxy) is 1. The Morgan fingerprint density at radius 3 is 2.64 bits per heavy atom. The molecule has 0 aliphatic carbocycles. The largest absolute Gasteiger partial charge is 0.476 e. The Hall–Kier alpha value is -1.16. The van der Waals surface area contributed by atoms with E-state index in [0.717, 1.165) is 12.2 Å². The standard InChI is InChI=1S/C10H17N3O/c1-8(2)7-14-10-5-4-9(6-11-3)12-13-10/h4-5,8,11H,6-7H2,1-3H3. The van der Waals surface area contributed by atoms with Crippen LogP contribution in [0, 0.1) is 5.92 Å². The van der Waals surface area contributed by atoms with Crippen LogP contribution in [0.5, 0.6) is 5.88 Å². The quantitative estimate of drug-likeness (QED) is 0.767. The number of aromatic nitrogens is 2. The highest BCUT2D eigenvalue weighted by Crippen LogP contribution is 2.06. The van der Waals surface area contributed by atoms with Gasteiger partial charge in [0.1, 0.15) is 0 Å². The molecule has 1 aromatic rings. The maximum Gasteiger partial charge on any atom is 0.233 e. The molecule has 1 N–H and O–H groups in total. The molecule has 0 aromatic carbocycles. The molecule has 0 amide bonds. The van der Waals surface area contributed by atoms with Crippen LogP contribution in [0.4, 0.5) is 0 Å². The van der Waals surface area contributed by atoms with Crippen molar-refractivity contribution >= 4 is 0 Å². The maximum absolute atomic E-state index is 5.41. The SMILES string of the molecule is CNCc1ccc(OCC(C)C)nn1. The van der Waals surface area contributed by atoms with Crippen LogP contribution in [0.25, 0.3) is 0 Å². The van der Waals surface area contributed by atoms with Crippen molar-refractivity contribution in [2.75, 3.05) is 13.7 Å². The van der Waals surface area contributed by atoms with Crippen molar-refractivity contribution in [1.29, 1.82) is 0 Å². The minimum Gasteiger partial charge on any atom is -0.476 e. The molecular formula is C10H17N3O. The van der Waals surface area contributed by atoms with E-state index in [2.05, 4.69) is 29.4 Å². The monoisotopic (exact) mass is 195 g/mol. The Kier molecular flexibility index (Phi) is 4.32. The second kappa shape index (κ2) is 5.54. The lowest BCUT2D eigenvalue weighted by molar-refractivity contribution is 0.258. The minimum atomic E-state index is 0.508. The van der Waals surface area contributed by atoms with Gasteiger partial charge in [0.05, 0.1) is 12.3 Å². The van der Waals surface area contributed by atoms with Gasteiger partial charge in [-0.15, -0.1) is 5.10 Å². The number of hydrogen-bond donors (Lipinski definition) is 1. The van der Waals surface area contributed by atoms with Crippen molar-refractivity contribution in [3.05, 3.63) is 17.8 Å². The molecule has 0 unspecified atom stereocenters. The molecule has 0 spiro atoms. The molecule has 1 aromatic heterocycles. The Bertz CT molecular complexity index is 259. The second-order valence-corrected chi connectivity index (χ2v) is 3.60. The van der Waals surface area contributed by atoms with Crippen LogP contribution in [0.15, 0.2) is 12.1 Å². The molecule has 4 nitrogen and oxygen atoms in total. The van der Waals surface area contributed by atoms with E-state index in [1.54, 1.807) is 0 Å². The number of rotatable bonds is 5. The van der Waals surface area contributed by atoms with Crippen LogP contribution >= 0.6 is 0 Å². The lowest BCUT2D eigenvalue weighted by atomic mass is 10.2. The highest BCUT2D eigenvalue weighted by molar-refractivity contribution is 5.11. The molecule has 4 heteroatoms. The van der Waals surface area contributed by atoms with E-state index in [1.807, 2.05) is 19.2 Å². The van der Waals surface area contributed by atoms with Gasteiger partial charge in [-0.25, -0.2) is 0 Å². The summed E-state index contributed by atoms with van der Waals surface area (Å²) in [7, 11) is 1.88. The first-order chi connectivity index (χ1) is 6.72. The Morgan fingerprint density at radius 2 is 2.14 bits per heavy atom. The predicted octanol–water partition coefficient (Wildman–Crippen LogP) is 1.23. The molecule has 0 fully saturated rings. The van der Waals surface area contributed by atoms with E-state index >= 15 is 0 Å². The van der Waals surface area contributed by atoms with Gasteiger partial charge >= 0.3 is 0 Å². The molecule has 78 valence electrons. The summed E-state index contributed by atoms with van der Waals surface area (Å²) in [6.07, 6.45) is 0. The third-order valence-corrected chi connectivity index (χ3v) is 1.62. The molecule has 1 heterocycles. The number of hydrogen-bond acceptors (Lipinski definition) is 4. The van der Waals surface area contributed by atoms with Gasteiger partial charge in [0.25, 0.3) is 0 Å². The van der Waals surface area contributed by atoms with E-state index in [4.69, 9.17) is 4.74 Å². The van der Waals surface area contributed by atoms with Crippen molar-refractivity contribution in [2.45, 2.75) is 20.4 Å². The van der Waals surface area contributed by atoms with Crippen molar-refractivity contribution in [1.82, 2.24) is 15.5 Å². The highest BCUT2D eigenvalue weighted by atomic mass is 16.5. The molecule has 0 atom stereocenters. The molecule has 0 radical (unpaired) electrons. The first-order valence-electron chi connectivity index (χ1n) is 4.82. The van der Waals surface area contributed by atoms with Gasteiger partial charge < -0.3 is 10.1 Å². The molecule has 0 aliphatic heterocycles. The van der Waals surface area contributed by atoms with Crippen LogP contribution in [-0.4, -0.2) is 23.9 Å². The fourth-order valence-corrected chi connectivity index (χ4v) is 0.952. The zero-order valence-electron chi connectivity index (χ0n) is 8.95. The summed E-state index contributed by atoms with van der Waals surface area (Å²) in [5, 5.41) is 11.0. The second-order valence-electron chi connectivity index (χ2n) is 3.60. The third-order valence-electron chi connectivity index (χ3n) is 1.62. The van der Waals surface area contributed by atoms with E-state index in [9.17, 15) is 0 Å². The predicted molar refractivity (Wildman–Crippen MR) is 55.1 cm³/mol. The molecular weight excluding hydrogens is 178 g/mol. The minimum absolute atomic E-state index is 0.508. The van der Waals surface area contributed by atoms with Gasteiger partial charge in [-0.1, -0.05) is 13.8 Å². The summed E-state index contributed by atoms with van der Waals surface area (Å²) in [4.78, 5) is 0. The molecule has 0 saturated heterocycles. The zero-order chi connectivity index (χ0) is 10.4. The van der Waals surface area contributed by atoms with E-state index < -0.39 is 0 Å². The zero-order valence-corrected chi connectivity index (χ0v) is 8.95. The van der Waals surface area contributed by atoms with E-state index in [1.165, 1.54) is 0 Å². The lowest BCUT2D eigenvalue weighted by Gasteiger charge is -2.06. The van der Waals surface area contributed by atoms with Crippen LogP contribution in [0.2, 0.25) is 0 Å². The summed E-state index contributed by atoms with van der Waals surface area (Å²) >= 11 is 0. The lowest BCUT2D eigenvalue weighted by Crippen LogP contribution is -2.09. The van der Waals surface area contributed by atoms with E-state index in [0.29, 0.717) is 18.4 Å². The fraction of sp³-hybridized carbons (Fsp3) is 0.600. The van der Waals surface area contributed by atoms with Crippen LogP contribution < -0.4 is 10.1 Å². The smallest absolute Gasteiger partial charge is 0.233 e. The normalized spacial score (nSPS) is 10.6. The highest BCUT2D eigenvalue weighted by Gasteiger charge is 1.99. The van der Waals surface area contributed by atoms with E-state index in [-0.39, 0.29) is 0 Å². The Morgan fingerprint density at radius 1 is 1.36 bits per heavy atom. The molecule has 0 aliphatic rings. The van der Waals surface area contributed by atoms with Gasteiger partial charge in [0.2, 0.25) is 5.88 Å². The first-order valence-corrected chi connectivity index (χ1v) is 4.82. The molecule has 1 rings (SSSR count). The van der Waals surface area contributed by atoms with Gasteiger partial charge in [0.15, 0.2) is 0 Å². The summed E-state index contributed by atoms with van der Waals surface area (Å²) < 4.78 is 5.41. The average Bonchev–Trinajstić information content (AvgIpc) is 2.17. The van der Waals surface area contributed by atoms with Gasteiger partial charge in [-0.3, -0.25) is 0 Å². The van der Waals surface area contributed by atoms with Crippen LogP contribution in [-0.2, 0) is 6.54 Å². The summed E-state index contributed by atoms with van der Waals surface area (Å²) in [5.41, 5.74) is 0.921. The number of nitrogens with zero attached hydrogens (tertiary/aromatic N) is 2. The van der Waals surface area contributed by atoms with Gasteiger partial charge in [-0.05, 0) is 19.0 Å². The van der Waals surface area contributed by atoms with Crippen molar-refractivity contribution in [3.8, 4) is 5.88 Å². The topological polar surface area (TPSA) is 47.0 Å². The molecule has 14 heavy (non-hydrogen) atoms. The maximum atomic E-state index is 5.41. The van der Waals surface area contributed by atoms with Crippen LogP contribution in [0.3, 0.4) is 0 Å². The number of nitrogens with one attached hydrogen (secondary N) is 1. The average molecular weight is 195 g/mol. The molecule has 0 saturated carbocycles. The van der Waals surface area contributed by atoms with Gasteiger partial charge in [0, 0.05) is 12.6 Å². The molecule has 0 bridgehead atoms.